The first kappa shape index (κ1) is 55.5. The van der Waals surface area contributed by atoms with Crippen molar-refractivity contribution in [2.45, 2.75) is 175 Å². The molecule has 0 saturated heterocycles. The largest absolute Gasteiger partial charge is 0.462 e. The highest BCUT2D eigenvalue weighted by Gasteiger charge is 2.19. The number of carbonyl (C=O) groups is 3. The molecule has 334 valence electrons. The Balaban J connectivity index is 4.65. The van der Waals surface area contributed by atoms with Crippen molar-refractivity contribution in [1.82, 2.24) is 0 Å². The van der Waals surface area contributed by atoms with Crippen LogP contribution in [0.1, 0.15) is 168 Å². The van der Waals surface area contributed by atoms with Gasteiger partial charge in [-0.2, -0.15) is 0 Å². The van der Waals surface area contributed by atoms with Crippen molar-refractivity contribution in [2.75, 3.05) is 13.2 Å². The lowest BCUT2D eigenvalue weighted by molar-refractivity contribution is -0.166. The molecule has 0 aliphatic carbocycles. The predicted molar refractivity (Wildman–Crippen MR) is 256 cm³/mol. The third kappa shape index (κ3) is 44.6. The van der Waals surface area contributed by atoms with Crippen LogP contribution in [-0.4, -0.2) is 37.2 Å². The predicted octanol–water partition coefficient (Wildman–Crippen LogP) is 15.1. The minimum absolute atomic E-state index is 0.142. The van der Waals surface area contributed by atoms with Gasteiger partial charge in [-0.3, -0.25) is 14.4 Å². The molecule has 0 spiro atoms. The second-order valence-corrected chi connectivity index (χ2v) is 14.5. The topological polar surface area (TPSA) is 78.9 Å². The zero-order chi connectivity index (χ0) is 43.7. The van der Waals surface area contributed by atoms with E-state index in [-0.39, 0.29) is 38.0 Å². The van der Waals surface area contributed by atoms with Crippen LogP contribution in [0.25, 0.3) is 0 Å². The highest BCUT2D eigenvalue weighted by atomic mass is 16.6. The summed E-state index contributed by atoms with van der Waals surface area (Å²) in [7, 11) is 0. The maximum absolute atomic E-state index is 12.7. The Hall–Kier alpha value is -4.45. The molecule has 0 aromatic heterocycles. The molecular formula is C54H82O6. The lowest BCUT2D eigenvalue weighted by atomic mass is 10.1. The normalized spacial score (nSPS) is 13.3. The van der Waals surface area contributed by atoms with Gasteiger partial charge in [-0.15, -0.1) is 0 Å². The van der Waals surface area contributed by atoms with Crippen LogP contribution in [0.4, 0.5) is 0 Å². The summed E-state index contributed by atoms with van der Waals surface area (Å²) < 4.78 is 16.5. The highest BCUT2D eigenvalue weighted by Crippen LogP contribution is 2.10. The summed E-state index contributed by atoms with van der Waals surface area (Å²) in [6.07, 6.45) is 66.0. The quantitative estimate of drug-likeness (QED) is 0.0266. The van der Waals surface area contributed by atoms with Crippen molar-refractivity contribution < 1.29 is 28.6 Å². The molecule has 6 nitrogen and oxygen atoms in total. The van der Waals surface area contributed by atoms with Crippen molar-refractivity contribution in [3.8, 4) is 0 Å². The third-order valence-electron chi connectivity index (χ3n) is 8.90. The molecule has 0 radical (unpaired) electrons. The zero-order valence-electron chi connectivity index (χ0n) is 37.9. The van der Waals surface area contributed by atoms with Crippen LogP contribution >= 0.6 is 0 Å². The van der Waals surface area contributed by atoms with E-state index < -0.39 is 12.1 Å². The summed E-state index contributed by atoms with van der Waals surface area (Å²) in [4.78, 5) is 37.7. The number of allylic oxidation sites excluding steroid dienone is 22. The molecule has 0 aliphatic rings. The number of hydrogen-bond donors (Lipinski definition) is 0. The van der Waals surface area contributed by atoms with Gasteiger partial charge in [0.25, 0.3) is 0 Å². The summed E-state index contributed by atoms with van der Waals surface area (Å²) >= 11 is 0. The van der Waals surface area contributed by atoms with Crippen LogP contribution in [0.5, 0.6) is 0 Å². The Bertz CT molecular complexity index is 1370. The average molecular weight is 827 g/mol. The van der Waals surface area contributed by atoms with Crippen LogP contribution in [0.3, 0.4) is 0 Å². The molecule has 6 heteroatoms. The summed E-state index contributed by atoms with van der Waals surface area (Å²) in [5.41, 5.74) is 0. The fraction of sp³-hybridized carbons (Fsp3) is 0.537. The average Bonchev–Trinajstić information content (AvgIpc) is 3.24. The smallest absolute Gasteiger partial charge is 0.306 e. The number of rotatable bonds is 39. The molecule has 0 N–H and O–H groups in total. The van der Waals surface area contributed by atoms with Crippen LogP contribution < -0.4 is 0 Å². The van der Waals surface area contributed by atoms with E-state index in [1.807, 2.05) is 24.3 Å². The van der Waals surface area contributed by atoms with E-state index in [0.717, 1.165) is 103 Å². The van der Waals surface area contributed by atoms with Crippen molar-refractivity contribution in [1.29, 1.82) is 0 Å². The first-order valence-electron chi connectivity index (χ1n) is 23.2. The standard InChI is InChI=1S/C54H82O6/c1-4-7-10-13-16-19-22-24-26-28-30-32-35-38-41-44-47-53(56)59-50-51(49-58-52(55)46-43-40-37-34-21-18-15-12-9-6-3)60-54(57)48-45-42-39-36-33-31-29-27-25-23-20-17-14-11-8-5-2/h7-8,10-11,15-20,24-27,30-33,38-39,41-42,51H,4-6,9,12-14,21-23,28-29,34-37,40,43-50H2,1-3H3/b10-7-,11-8-,18-15-,19-16-,20-17-,26-24-,27-25-,32-30-,33-31-,41-38-,42-39-. The first-order valence-corrected chi connectivity index (χ1v) is 23.2. The number of ether oxygens (including phenoxy) is 3. The van der Waals surface area contributed by atoms with E-state index in [4.69, 9.17) is 14.2 Å². The van der Waals surface area contributed by atoms with Gasteiger partial charge in [0.15, 0.2) is 6.10 Å². The SMILES string of the molecule is CC/C=C\C/C=C\C/C=C\C/C=C\C/C=C\CCC(=O)OCC(COC(=O)CCCCCC/C=C\CCCC)OC(=O)CC/C=C\C/C=C\C/C=C\C/C=C\C/C=C\CC. The summed E-state index contributed by atoms with van der Waals surface area (Å²) in [5, 5.41) is 0. The van der Waals surface area contributed by atoms with Crippen molar-refractivity contribution in [3.63, 3.8) is 0 Å². The monoisotopic (exact) mass is 827 g/mol. The van der Waals surface area contributed by atoms with E-state index >= 15 is 0 Å². The van der Waals surface area contributed by atoms with E-state index in [2.05, 4.69) is 130 Å². The van der Waals surface area contributed by atoms with Gasteiger partial charge < -0.3 is 14.2 Å². The van der Waals surface area contributed by atoms with Gasteiger partial charge in [0.1, 0.15) is 13.2 Å². The molecule has 0 aromatic carbocycles. The number of hydrogen-bond acceptors (Lipinski definition) is 6. The molecule has 1 atom stereocenters. The number of carbonyl (C=O) groups excluding carboxylic acids is 3. The second-order valence-electron chi connectivity index (χ2n) is 14.5. The summed E-state index contributed by atoms with van der Waals surface area (Å²) in [6, 6.07) is 0. The summed E-state index contributed by atoms with van der Waals surface area (Å²) in [5.74, 6) is -1.14. The molecule has 0 fully saturated rings. The van der Waals surface area contributed by atoms with Gasteiger partial charge in [-0.1, -0.05) is 180 Å². The highest BCUT2D eigenvalue weighted by molar-refractivity contribution is 5.71. The molecule has 0 rings (SSSR count). The van der Waals surface area contributed by atoms with Crippen LogP contribution in [-0.2, 0) is 28.6 Å². The lowest BCUT2D eigenvalue weighted by Crippen LogP contribution is -2.30. The lowest BCUT2D eigenvalue weighted by Gasteiger charge is -2.18. The molecule has 0 aromatic rings. The molecular weight excluding hydrogens is 745 g/mol. The molecule has 0 aliphatic heterocycles. The van der Waals surface area contributed by atoms with Crippen LogP contribution in [0.2, 0.25) is 0 Å². The number of unbranched alkanes of at least 4 members (excludes halogenated alkanes) is 6. The fourth-order valence-corrected chi connectivity index (χ4v) is 5.46. The van der Waals surface area contributed by atoms with Gasteiger partial charge in [0.2, 0.25) is 0 Å². The molecule has 0 saturated carbocycles. The Labute approximate surface area is 366 Å². The van der Waals surface area contributed by atoms with Gasteiger partial charge in [-0.25, -0.2) is 0 Å². The van der Waals surface area contributed by atoms with E-state index in [9.17, 15) is 14.4 Å². The van der Waals surface area contributed by atoms with E-state index in [0.29, 0.717) is 19.3 Å². The molecule has 0 amide bonds. The minimum atomic E-state index is -0.855. The fourth-order valence-electron chi connectivity index (χ4n) is 5.46. The van der Waals surface area contributed by atoms with Crippen LogP contribution in [0, 0.1) is 0 Å². The van der Waals surface area contributed by atoms with Crippen molar-refractivity contribution in [3.05, 3.63) is 134 Å². The molecule has 0 bridgehead atoms. The molecule has 1 unspecified atom stereocenters. The van der Waals surface area contributed by atoms with Crippen LogP contribution in [0.15, 0.2) is 134 Å². The Morgan fingerprint density at radius 1 is 0.350 bits per heavy atom. The van der Waals surface area contributed by atoms with Crippen molar-refractivity contribution in [2.24, 2.45) is 0 Å². The Kier molecular flexibility index (Phi) is 43.7. The Morgan fingerprint density at radius 3 is 1.10 bits per heavy atom. The van der Waals surface area contributed by atoms with Gasteiger partial charge in [0, 0.05) is 19.3 Å². The zero-order valence-corrected chi connectivity index (χ0v) is 37.9. The Morgan fingerprint density at radius 2 is 0.683 bits per heavy atom. The minimum Gasteiger partial charge on any atom is -0.462 e. The third-order valence-corrected chi connectivity index (χ3v) is 8.90. The second kappa shape index (κ2) is 47.2. The maximum atomic E-state index is 12.7. The first-order chi connectivity index (χ1) is 29.5. The van der Waals surface area contributed by atoms with E-state index in [1.54, 1.807) is 0 Å². The van der Waals surface area contributed by atoms with E-state index in [1.165, 1.54) is 12.8 Å². The maximum Gasteiger partial charge on any atom is 0.306 e. The molecule has 60 heavy (non-hydrogen) atoms. The number of esters is 3. The van der Waals surface area contributed by atoms with Gasteiger partial charge in [0.05, 0.1) is 0 Å². The van der Waals surface area contributed by atoms with Gasteiger partial charge in [-0.05, 0) is 103 Å². The summed E-state index contributed by atoms with van der Waals surface area (Å²) in [6.45, 7) is 6.18. The molecule has 0 heterocycles. The van der Waals surface area contributed by atoms with Crippen molar-refractivity contribution >= 4 is 17.9 Å². The van der Waals surface area contributed by atoms with Gasteiger partial charge >= 0.3 is 17.9 Å².